The van der Waals surface area contributed by atoms with E-state index in [1.165, 1.54) is 16.9 Å². The van der Waals surface area contributed by atoms with Crippen LogP contribution in [0.3, 0.4) is 0 Å². The van der Waals surface area contributed by atoms with E-state index >= 15 is 0 Å². The number of amides is 2. The van der Waals surface area contributed by atoms with Crippen LogP contribution in [0.4, 0.5) is 10.8 Å². The van der Waals surface area contributed by atoms with Crippen molar-refractivity contribution in [3.8, 4) is 11.5 Å². The number of carbonyl (C=O) groups excluding carboxylic acids is 2. The maximum absolute atomic E-state index is 12.6. The molecule has 0 bridgehead atoms. The summed E-state index contributed by atoms with van der Waals surface area (Å²) < 4.78 is 10.5. The SMILES string of the molecule is COc1ccc(CC(=O)Nc2nnc(C3CC(=O)N(c4ccc(C)c(C)c4)C3)s2)cc1OC. The van der Waals surface area contributed by atoms with E-state index in [-0.39, 0.29) is 24.2 Å². The molecular formula is C24H26N4O4S. The molecule has 2 aromatic carbocycles. The first-order valence-electron chi connectivity index (χ1n) is 10.6. The second kappa shape index (κ2) is 9.58. The van der Waals surface area contributed by atoms with E-state index in [0.717, 1.165) is 21.8 Å². The van der Waals surface area contributed by atoms with E-state index in [2.05, 4.69) is 22.4 Å². The second-order valence-corrected chi connectivity index (χ2v) is 9.04. The van der Waals surface area contributed by atoms with Gasteiger partial charge in [-0.15, -0.1) is 10.2 Å². The predicted octanol–water partition coefficient (Wildman–Crippen LogP) is 3.87. The molecule has 0 spiro atoms. The maximum Gasteiger partial charge on any atom is 0.230 e. The number of aryl methyl sites for hydroxylation is 2. The Hall–Kier alpha value is -3.46. The van der Waals surface area contributed by atoms with Gasteiger partial charge in [-0.2, -0.15) is 0 Å². The Balaban J connectivity index is 1.39. The minimum Gasteiger partial charge on any atom is -0.493 e. The zero-order valence-electron chi connectivity index (χ0n) is 19.0. The molecule has 8 nitrogen and oxygen atoms in total. The van der Waals surface area contributed by atoms with Crippen molar-refractivity contribution in [1.82, 2.24) is 10.2 Å². The summed E-state index contributed by atoms with van der Waals surface area (Å²) in [6, 6.07) is 11.4. The molecule has 1 aromatic heterocycles. The van der Waals surface area contributed by atoms with Crippen molar-refractivity contribution in [3.05, 3.63) is 58.1 Å². The summed E-state index contributed by atoms with van der Waals surface area (Å²) in [4.78, 5) is 26.9. The van der Waals surface area contributed by atoms with Crippen molar-refractivity contribution in [3.63, 3.8) is 0 Å². The highest BCUT2D eigenvalue weighted by atomic mass is 32.1. The number of carbonyl (C=O) groups is 2. The van der Waals surface area contributed by atoms with Gasteiger partial charge in [0.25, 0.3) is 0 Å². The van der Waals surface area contributed by atoms with Gasteiger partial charge in [-0.3, -0.25) is 9.59 Å². The van der Waals surface area contributed by atoms with Crippen LogP contribution in [0.1, 0.15) is 34.0 Å². The Morgan fingerprint density at radius 1 is 1.09 bits per heavy atom. The van der Waals surface area contributed by atoms with E-state index in [1.807, 2.05) is 31.2 Å². The highest BCUT2D eigenvalue weighted by Gasteiger charge is 2.34. The highest BCUT2D eigenvalue weighted by molar-refractivity contribution is 7.15. The second-order valence-electron chi connectivity index (χ2n) is 8.03. The molecule has 0 aliphatic carbocycles. The van der Waals surface area contributed by atoms with Gasteiger partial charge in [-0.25, -0.2) is 0 Å². The Morgan fingerprint density at radius 2 is 1.88 bits per heavy atom. The highest BCUT2D eigenvalue weighted by Crippen LogP contribution is 2.35. The largest absolute Gasteiger partial charge is 0.493 e. The summed E-state index contributed by atoms with van der Waals surface area (Å²) in [6.07, 6.45) is 0.541. The van der Waals surface area contributed by atoms with Crippen molar-refractivity contribution in [1.29, 1.82) is 0 Å². The van der Waals surface area contributed by atoms with Crippen molar-refractivity contribution < 1.29 is 19.1 Å². The Labute approximate surface area is 196 Å². The topological polar surface area (TPSA) is 93.7 Å². The molecule has 2 amide bonds. The quantitative estimate of drug-likeness (QED) is 0.568. The number of methoxy groups -OCH3 is 2. The lowest BCUT2D eigenvalue weighted by atomic mass is 10.1. The fraction of sp³-hybridized carbons (Fsp3) is 0.333. The van der Waals surface area contributed by atoms with Gasteiger partial charge in [0, 0.05) is 24.6 Å². The van der Waals surface area contributed by atoms with Gasteiger partial charge < -0.3 is 19.7 Å². The first-order valence-corrected chi connectivity index (χ1v) is 11.4. The van der Waals surface area contributed by atoms with Crippen LogP contribution in [0.15, 0.2) is 36.4 Å². The van der Waals surface area contributed by atoms with Crippen molar-refractivity contribution in [2.24, 2.45) is 0 Å². The molecule has 1 atom stereocenters. The number of ether oxygens (including phenoxy) is 2. The van der Waals surface area contributed by atoms with E-state index < -0.39 is 0 Å². The van der Waals surface area contributed by atoms with Gasteiger partial charge in [0.2, 0.25) is 16.9 Å². The van der Waals surface area contributed by atoms with Gasteiger partial charge in [-0.05, 0) is 54.8 Å². The first-order chi connectivity index (χ1) is 15.9. The molecule has 1 aliphatic heterocycles. The molecule has 3 aromatic rings. The number of nitrogens with zero attached hydrogens (tertiary/aromatic N) is 3. The minimum absolute atomic E-state index is 0.0480. The normalized spacial score (nSPS) is 15.6. The van der Waals surface area contributed by atoms with Gasteiger partial charge in [0.05, 0.1) is 20.6 Å². The van der Waals surface area contributed by atoms with Gasteiger partial charge in [0.1, 0.15) is 5.01 Å². The van der Waals surface area contributed by atoms with Crippen molar-refractivity contribution in [2.45, 2.75) is 32.6 Å². The molecule has 1 fully saturated rings. The summed E-state index contributed by atoms with van der Waals surface area (Å²) in [5, 5.41) is 12.3. The molecule has 33 heavy (non-hydrogen) atoms. The average Bonchev–Trinajstić information content (AvgIpc) is 3.42. The minimum atomic E-state index is -0.204. The smallest absolute Gasteiger partial charge is 0.230 e. The summed E-state index contributed by atoms with van der Waals surface area (Å²) in [7, 11) is 3.12. The molecule has 9 heteroatoms. The lowest BCUT2D eigenvalue weighted by Gasteiger charge is -2.17. The van der Waals surface area contributed by atoms with Crippen molar-refractivity contribution >= 4 is 34.0 Å². The summed E-state index contributed by atoms with van der Waals surface area (Å²) in [6.45, 7) is 4.64. The summed E-state index contributed by atoms with van der Waals surface area (Å²) in [5.74, 6) is 0.992. The number of aromatic nitrogens is 2. The van der Waals surface area contributed by atoms with E-state index in [4.69, 9.17) is 9.47 Å². The fourth-order valence-corrected chi connectivity index (χ4v) is 4.66. The maximum atomic E-state index is 12.6. The summed E-state index contributed by atoms with van der Waals surface area (Å²) in [5.41, 5.74) is 4.04. The molecule has 1 aliphatic rings. The molecule has 1 saturated heterocycles. The van der Waals surface area contributed by atoms with Crippen LogP contribution in [-0.2, 0) is 16.0 Å². The number of rotatable bonds is 7. The molecule has 4 rings (SSSR count). The van der Waals surface area contributed by atoms with Crippen LogP contribution in [0.5, 0.6) is 11.5 Å². The number of hydrogen-bond donors (Lipinski definition) is 1. The zero-order chi connectivity index (χ0) is 23.5. The molecule has 172 valence electrons. The van der Waals surface area contributed by atoms with Crippen LogP contribution < -0.4 is 19.7 Å². The molecule has 1 unspecified atom stereocenters. The molecular weight excluding hydrogens is 440 g/mol. The Bertz CT molecular complexity index is 1190. The van der Waals surface area contributed by atoms with Crippen LogP contribution in [0.25, 0.3) is 0 Å². The number of benzene rings is 2. The monoisotopic (exact) mass is 466 g/mol. The summed E-state index contributed by atoms with van der Waals surface area (Å²) >= 11 is 1.31. The lowest BCUT2D eigenvalue weighted by molar-refractivity contribution is -0.117. The first kappa shape index (κ1) is 22.7. The number of nitrogens with one attached hydrogen (secondary N) is 1. The molecule has 0 radical (unpaired) electrons. The third kappa shape index (κ3) is 4.98. The Morgan fingerprint density at radius 3 is 2.61 bits per heavy atom. The van der Waals surface area contributed by atoms with Crippen molar-refractivity contribution in [2.75, 3.05) is 31.0 Å². The van der Waals surface area contributed by atoms with Crippen LogP contribution >= 0.6 is 11.3 Å². The lowest BCUT2D eigenvalue weighted by Crippen LogP contribution is -2.24. The standard InChI is InChI=1S/C24H26N4O4S/c1-14-5-7-18(9-15(14)2)28-13-17(12-22(28)30)23-26-27-24(33-23)25-21(29)11-16-6-8-19(31-3)20(10-16)32-4/h5-10,17H,11-13H2,1-4H3,(H,25,27,29). The van der Waals surface area contributed by atoms with Gasteiger partial charge in [-0.1, -0.05) is 23.5 Å². The zero-order valence-corrected chi connectivity index (χ0v) is 19.9. The van der Waals surface area contributed by atoms with Crippen LogP contribution in [0.2, 0.25) is 0 Å². The number of anilines is 2. The number of hydrogen-bond acceptors (Lipinski definition) is 7. The Kier molecular flexibility index (Phi) is 6.60. The molecule has 0 saturated carbocycles. The van der Waals surface area contributed by atoms with Crippen LogP contribution in [-0.4, -0.2) is 42.8 Å². The fourth-order valence-electron chi connectivity index (χ4n) is 3.81. The van der Waals surface area contributed by atoms with E-state index in [1.54, 1.807) is 31.3 Å². The van der Waals surface area contributed by atoms with Crippen LogP contribution in [0, 0.1) is 13.8 Å². The predicted molar refractivity (Wildman–Crippen MR) is 127 cm³/mol. The van der Waals surface area contributed by atoms with Gasteiger partial charge >= 0.3 is 0 Å². The van der Waals surface area contributed by atoms with E-state index in [0.29, 0.717) is 29.6 Å². The molecule has 2 heterocycles. The van der Waals surface area contributed by atoms with E-state index in [9.17, 15) is 9.59 Å². The third-order valence-electron chi connectivity index (χ3n) is 5.78. The van der Waals surface area contributed by atoms with Gasteiger partial charge in [0.15, 0.2) is 11.5 Å². The third-order valence-corrected chi connectivity index (χ3v) is 6.78. The average molecular weight is 467 g/mol. The molecule has 1 N–H and O–H groups in total.